The van der Waals surface area contributed by atoms with Gasteiger partial charge in [-0.15, -0.1) is 0 Å². The van der Waals surface area contributed by atoms with Crippen molar-refractivity contribution in [3.05, 3.63) is 101 Å². The molecule has 1 N–H and O–H groups in total. The summed E-state index contributed by atoms with van der Waals surface area (Å²) in [5, 5.41) is 0. The first-order valence-electron chi connectivity index (χ1n) is 10.9. The van der Waals surface area contributed by atoms with Crippen molar-refractivity contribution in [2.24, 2.45) is 0 Å². The lowest BCUT2D eigenvalue weighted by Gasteiger charge is -2.26. The summed E-state index contributed by atoms with van der Waals surface area (Å²) >= 11 is 0. The summed E-state index contributed by atoms with van der Waals surface area (Å²) in [7, 11) is -3.98. The van der Waals surface area contributed by atoms with Crippen molar-refractivity contribution >= 4 is 27.8 Å². The Labute approximate surface area is 203 Å². The van der Waals surface area contributed by atoms with Crippen LogP contribution in [0, 0.1) is 6.92 Å². The van der Waals surface area contributed by atoms with Crippen LogP contribution in [-0.2, 0) is 24.3 Å². The molecule has 1 heterocycles. The van der Waals surface area contributed by atoms with Crippen LogP contribution in [0.4, 0.5) is 0 Å². The fraction of sp³-hybridized carbons (Fsp3) is 0.192. The molecule has 2 atom stereocenters. The molecule has 180 valence electrons. The van der Waals surface area contributed by atoms with Crippen LogP contribution in [0.2, 0.25) is 0 Å². The molecule has 1 aliphatic heterocycles. The molecule has 35 heavy (non-hydrogen) atoms. The summed E-state index contributed by atoms with van der Waals surface area (Å²) in [6.45, 7) is 3.04. The van der Waals surface area contributed by atoms with E-state index >= 15 is 0 Å². The third-order valence-corrected chi connectivity index (χ3v) is 7.15. The second-order valence-corrected chi connectivity index (χ2v) is 9.93. The summed E-state index contributed by atoms with van der Waals surface area (Å²) in [5.41, 5.74) is 2.10. The predicted octanol–water partition coefficient (Wildman–Crippen LogP) is 3.65. The number of imide groups is 1. The van der Waals surface area contributed by atoms with Gasteiger partial charge in [-0.05, 0) is 30.7 Å². The van der Waals surface area contributed by atoms with Crippen LogP contribution in [0.5, 0.6) is 0 Å². The number of benzene rings is 3. The molecule has 3 aromatic carbocycles. The summed E-state index contributed by atoms with van der Waals surface area (Å²) in [4.78, 5) is 39.2. The van der Waals surface area contributed by atoms with E-state index in [4.69, 9.17) is 4.74 Å². The first-order valence-corrected chi connectivity index (χ1v) is 12.4. The van der Waals surface area contributed by atoms with Crippen molar-refractivity contribution in [1.29, 1.82) is 0 Å². The molecule has 0 saturated carbocycles. The monoisotopic (exact) mass is 492 g/mol. The van der Waals surface area contributed by atoms with Crippen LogP contribution >= 0.6 is 0 Å². The average molecular weight is 493 g/mol. The number of aryl methyl sites for hydroxylation is 1. The molecule has 4 rings (SSSR count). The third-order valence-electron chi connectivity index (χ3n) is 5.67. The lowest BCUT2D eigenvalue weighted by atomic mass is 10.0. The maximum atomic E-state index is 13.4. The molecule has 9 heteroatoms. The summed E-state index contributed by atoms with van der Waals surface area (Å²) in [6.07, 6.45) is -1.58. The number of carbonyl (C=O) groups excluding carboxylic acids is 3. The minimum absolute atomic E-state index is 0.0546. The van der Waals surface area contributed by atoms with E-state index < -0.39 is 40.1 Å². The molecular formula is C26H24N2O6S. The van der Waals surface area contributed by atoms with E-state index in [1.807, 2.05) is 6.92 Å². The Kier molecular flexibility index (Phi) is 6.81. The number of sulfonamides is 1. The van der Waals surface area contributed by atoms with E-state index in [1.54, 1.807) is 66.7 Å². The number of esters is 1. The van der Waals surface area contributed by atoms with E-state index in [0.29, 0.717) is 11.1 Å². The highest BCUT2D eigenvalue weighted by Gasteiger charge is 2.43. The van der Waals surface area contributed by atoms with Crippen molar-refractivity contribution in [2.75, 3.05) is 0 Å². The number of rotatable bonds is 7. The molecule has 3 aromatic rings. The highest BCUT2D eigenvalue weighted by molar-refractivity contribution is 7.89. The molecule has 0 bridgehead atoms. The van der Waals surface area contributed by atoms with E-state index in [9.17, 15) is 22.8 Å². The Hall–Kier alpha value is -3.82. The maximum absolute atomic E-state index is 13.4. The number of amides is 2. The van der Waals surface area contributed by atoms with Gasteiger partial charge >= 0.3 is 5.97 Å². The molecule has 0 aliphatic carbocycles. The maximum Gasteiger partial charge on any atom is 0.304 e. The van der Waals surface area contributed by atoms with Crippen molar-refractivity contribution in [2.45, 2.75) is 37.4 Å². The summed E-state index contributed by atoms with van der Waals surface area (Å²) in [5.74, 6) is -1.94. The first-order chi connectivity index (χ1) is 16.7. The van der Waals surface area contributed by atoms with Gasteiger partial charge in [-0.1, -0.05) is 66.2 Å². The van der Waals surface area contributed by atoms with Crippen LogP contribution in [0.1, 0.15) is 52.7 Å². The number of hydrogen-bond acceptors (Lipinski definition) is 6. The van der Waals surface area contributed by atoms with Crippen LogP contribution in [0.3, 0.4) is 0 Å². The number of carbonyl (C=O) groups is 3. The van der Waals surface area contributed by atoms with E-state index in [0.717, 1.165) is 10.5 Å². The summed E-state index contributed by atoms with van der Waals surface area (Å²) in [6, 6.07) is 20.5. The van der Waals surface area contributed by atoms with Crippen LogP contribution in [0.25, 0.3) is 0 Å². The van der Waals surface area contributed by atoms with Gasteiger partial charge in [0, 0.05) is 24.5 Å². The van der Waals surface area contributed by atoms with Gasteiger partial charge in [-0.25, -0.2) is 18.0 Å². The summed E-state index contributed by atoms with van der Waals surface area (Å²) < 4.78 is 34.1. The quantitative estimate of drug-likeness (QED) is 0.504. The number of hydrogen-bond donors (Lipinski definition) is 1. The van der Waals surface area contributed by atoms with E-state index in [-0.39, 0.29) is 16.9 Å². The lowest BCUT2D eigenvalue weighted by Crippen LogP contribution is -2.39. The Morgan fingerprint density at radius 2 is 1.60 bits per heavy atom. The normalized spacial score (nSPS) is 16.0. The van der Waals surface area contributed by atoms with E-state index in [1.165, 1.54) is 19.1 Å². The second-order valence-electron chi connectivity index (χ2n) is 8.22. The van der Waals surface area contributed by atoms with Gasteiger partial charge in [0.1, 0.15) is 0 Å². The molecule has 2 amide bonds. The van der Waals surface area contributed by atoms with Crippen LogP contribution in [-0.4, -0.2) is 31.1 Å². The average Bonchev–Trinajstić information content (AvgIpc) is 3.10. The SMILES string of the molecule is CC(=O)OC1c2ccccc2C(=O)N1C(=O)CC(NS(=O)(=O)c1ccc(C)cc1)c1ccccc1. The molecule has 0 aromatic heterocycles. The van der Waals surface area contributed by atoms with Gasteiger partial charge in [0.2, 0.25) is 22.2 Å². The van der Waals surface area contributed by atoms with Crippen LogP contribution < -0.4 is 4.72 Å². The molecule has 1 aliphatic rings. The number of nitrogens with zero attached hydrogens (tertiary/aromatic N) is 1. The zero-order valence-corrected chi connectivity index (χ0v) is 20.0. The van der Waals surface area contributed by atoms with Crippen molar-refractivity contribution in [1.82, 2.24) is 9.62 Å². The zero-order chi connectivity index (χ0) is 25.2. The molecule has 0 saturated heterocycles. The number of nitrogens with one attached hydrogen (secondary N) is 1. The number of fused-ring (bicyclic) bond motifs is 1. The number of ether oxygens (including phenoxy) is 1. The molecule has 8 nitrogen and oxygen atoms in total. The highest BCUT2D eigenvalue weighted by atomic mass is 32.2. The second kappa shape index (κ2) is 9.81. The van der Waals surface area contributed by atoms with Gasteiger partial charge in [0.25, 0.3) is 5.91 Å². The van der Waals surface area contributed by atoms with Crippen molar-refractivity contribution in [3.63, 3.8) is 0 Å². The smallest absolute Gasteiger partial charge is 0.304 e. The third kappa shape index (κ3) is 5.16. The first kappa shape index (κ1) is 24.3. The highest BCUT2D eigenvalue weighted by Crippen LogP contribution is 2.36. The Morgan fingerprint density at radius 1 is 0.971 bits per heavy atom. The Balaban J connectivity index is 1.65. The molecule has 2 unspecified atom stereocenters. The molecule has 0 fully saturated rings. The van der Waals surface area contributed by atoms with Crippen LogP contribution in [0.15, 0.2) is 83.8 Å². The topological polar surface area (TPSA) is 110 Å². The van der Waals surface area contributed by atoms with Crippen molar-refractivity contribution in [3.8, 4) is 0 Å². The van der Waals surface area contributed by atoms with E-state index in [2.05, 4.69) is 4.72 Å². The van der Waals surface area contributed by atoms with Gasteiger partial charge < -0.3 is 4.74 Å². The zero-order valence-electron chi connectivity index (χ0n) is 19.2. The largest absolute Gasteiger partial charge is 0.437 e. The van der Waals surface area contributed by atoms with Gasteiger partial charge in [-0.3, -0.25) is 14.4 Å². The van der Waals surface area contributed by atoms with Gasteiger partial charge in [0.15, 0.2) is 0 Å². The fourth-order valence-electron chi connectivity index (χ4n) is 3.96. The van der Waals surface area contributed by atoms with Gasteiger partial charge in [0.05, 0.1) is 10.9 Å². The Morgan fingerprint density at radius 3 is 2.26 bits per heavy atom. The Bertz CT molecular complexity index is 1370. The fourth-order valence-corrected chi connectivity index (χ4v) is 5.18. The minimum Gasteiger partial charge on any atom is -0.437 e. The lowest BCUT2D eigenvalue weighted by molar-refractivity contribution is -0.158. The minimum atomic E-state index is -3.98. The molecule has 0 radical (unpaired) electrons. The molecule has 0 spiro atoms. The van der Waals surface area contributed by atoms with Gasteiger partial charge in [-0.2, -0.15) is 0 Å². The predicted molar refractivity (Wildman–Crippen MR) is 127 cm³/mol. The molecular weight excluding hydrogens is 468 g/mol. The standard InChI is InChI=1S/C26H24N2O6S/c1-17-12-14-20(15-13-17)35(32,33)27-23(19-8-4-3-5-9-19)16-24(30)28-25(31)21-10-6-7-11-22(21)26(28)34-18(2)29/h3-15,23,26-27H,16H2,1-2H3. The van der Waals surface area contributed by atoms with Crippen molar-refractivity contribution < 1.29 is 27.5 Å².